The predicted octanol–water partition coefficient (Wildman–Crippen LogP) is 2.70. The molecule has 2 heterocycles. The Balaban J connectivity index is 2.03. The van der Waals surface area contributed by atoms with Gasteiger partial charge >= 0.3 is 0 Å². The quantitative estimate of drug-likeness (QED) is 0.799. The van der Waals surface area contributed by atoms with E-state index >= 15 is 0 Å². The number of aromatic nitrogens is 3. The highest BCUT2D eigenvalue weighted by Crippen LogP contribution is 2.33. The van der Waals surface area contributed by atoms with Gasteiger partial charge in [0.05, 0.1) is 19.7 Å². The Morgan fingerprint density at radius 2 is 2.00 bits per heavy atom. The minimum atomic E-state index is -3.70. The van der Waals surface area contributed by atoms with Crippen LogP contribution in [-0.4, -0.2) is 41.1 Å². The molecule has 0 saturated carbocycles. The Kier molecular flexibility index (Phi) is 5.07. The van der Waals surface area contributed by atoms with E-state index in [0.29, 0.717) is 24.0 Å². The molecule has 2 aromatic rings. The minimum Gasteiger partial charge on any atom is -0.495 e. The largest absolute Gasteiger partial charge is 0.495 e. The number of fused-ring (bicyclic) bond motifs is 1. The summed E-state index contributed by atoms with van der Waals surface area (Å²) in [6, 6.07) is 5.23. The molecule has 8 heteroatoms. The summed E-state index contributed by atoms with van der Waals surface area (Å²) in [7, 11) is -2.21. The van der Waals surface area contributed by atoms with E-state index in [-0.39, 0.29) is 17.5 Å². The van der Waals surface area contributed by atoms with Crippen LogP contribution in [0.2, 0.25) is 0 Å². The Morgan fingerprint density at radius 1 is 1.27 bits per heavy atom. The summed E-state index contributed by atoms with van der Waals surface area (Å²) in [4.78, 5) is 0.202. The molecule has 1 aromatic carbocycles. The third kappa shape index (κ3) is 3.35. The fourth-order valence-electron chi connectivity index (χ4n) is 3.57. The van der Waals surface area contributed by atoms with Gasteiger partial charge in [0, 0.05) is 6.54 Å². The average molecular weight is 378 g/mol. The van der Waals surface area contributed by atoms with Crippen LogP contribution in [-0.2, 0) is 16.6 Å². The first-order valence-electron chi connectivity index (χ1n) is 8.79. The zero-order valence-corrected chi connectivity index (χ0v) is 16.7. The second-order valence-electron chi connectivity index (χ2n) is 7.27. The molecular weight excluding hydrogens is 352 g/mol. The number of hydrogen-bond acceptors (Lipinski definition) is 5. The van der Waals surface area contributed by atoms with Crippen molar-refractivity contribution in [3.8, 4) is 5.75 Å². The molecule has 0 unspecified atom stereocenters. The lowest BCUT2D eigenvalue weighted by Gasteiger charge is -2.34. The van der Waals surface area contributed by atoms with Crippen LogP contribution in [0, 0.1) is 19.8 Å². The molecule has 1 atom stereocenters. The molecule has 7 nitrogen and oxygen atoms in total. The number of benzene rings is 1. The van der Waals surface area contributed by atoms with E-state index in [0.717, 1.165) is 17.8 Å². The van der Waals surface area contributed by atoms with Crippen molar-refractivity contribution in [3.05, 3.63) is 35.4 Å². The van der Waals surface area contributed by atoms with Crippen LogP contribution in [0.5, 0.6) is 5.75 Å². The Bertz CT molecular complexity index is 905. The normalized spacial score (nSPS) is 18.2. The summed E-state index contributed by atoms with van der Waals surface area (Å²) in [5, 5.41) is 8.37. The molecular formula is C18H26N4O3S. The Morgan fingerprint density at radius 3 is 2.65 bits per heavy atom. The van der Waals surface area contributed by atoms with Crippen molar-refractivity contribution in [2.24, 2.45) is 5.92 Å². The van der Waals surface area contributed by atoms with E-state index in [2.05, 4.69) is 28.6 Å². The SMILES string of the molecule is COc1ccc(C)cc1S(=O)(=O)N1Cc2nnc(C)n2[C@@H](CC(C)C)C1. The van der Waals surface area contributed by atoms with Crippen molar-refractivity contribution in [1.82, 2.24) is 19.1 Å². The molecule has 0 radical (unpaired) electrons. The summed E-state index contributed by atoms with van der Waals surface area (Å²) in [5.41, 5.74) is 0.874. The van der Waals surface area contributed by atoms with Crippen LogP contribution in [0.1, 0.15) is 43.5 Å². The van der Waals surface area contributed by atoms with Crippen molar-refractivity contribution in [3.63, 3.8) is 0 Å². The van der Waals surface area contributed by atoms with Crippen molar-refractivity contribution >= 4 is 10.0 Å². The van der Waals surface area contributed by atoms with Gasteiger partial charge in [0.25, 0.3) is 0 Å². The number of hydrogen-bond donors (Lipinski definition) is 0. The van der Waals surface area contributed by atoms with Gasteiger partial charge in [0.1, 0.15) is 22.3 Å². The molecule has 0 amide bonds. The monoisotopic (exact) mass is 378 g/mol. The first-order chi connectivity index (χ1) is 12.2. The van der Waals surface area contributed by atoms with Gasteiger partial charge in [-0.2, -0.15) is 4.31 Å². The number of nitrogens with zero attached hydrogens (tertiary/aromatic N) is 4. The van der Waals surface area contributed by atoms with Crippen LogP contribution in [0.3, 0.4) is 0 Å². The number of ether oxygens (including phenoxy) is 1. The summed E-state index contributed by atoms with van der Waals surface area (Å²) < 4.78 is 35.6. The molecule has 0 spiro atoms. The highest BCUT2D eigenvalue weighted by molar-refractivity contribution is 7.89. The second-order valence-corrected chi connectivity index (χ2v) is 9.18. The van der Waals surface area contributed by atoms with Gasteiger partial charge in [0.15, 0.2) is 0 Å². The first kappa shape index (κ1) is 18.8. The predicted molar refractivity (Wildman–Crippen MR) is 98.6 cm³/mol. The van der Waals surface area contributed by atoms with E-state index in [9.17, 15) is 8.42 Å². The molecule has 0 saturated heterocycles. The third-order valence-electron chi connectivity index (χ3n) is 4.71. The van der Waals surface area contributed by atoms with E-state index in [1.807, 2.05) is 19.9 Å². The molecule has 1 aliphatic heterocycles. The molecule has 0 N–H and O–H groups in total. The zero-order valence-electron chi connectivity index (χ0n) is 15.9. The summed E-state index contributed by atoms with van der Waals surface area (Å²) in [6.45, 7) is 8.68. The Hall–Kier alpha value is -1.93. The molecule has 0 aliphatic carbocycles. The van der Waals surface area contributed by atoms with E-state index in [1.54, 1.807) is 12.1 Å². The van der Waals surface area contributed by atoms with Gasteiger partial charge in [-0.05, 0) is 43.9 Å². The molecule has 1 aliphatic rings. The molecule has 0 bridgehead atoms. The first-order valence-corrected chi connectivity index (χ1v) is 10.2. The number of sulfonamides is 1. The van der Waals surface area contributed by atoms with Crippen molar-refractivity contribution in [1.29, 1.82) is 0 Å². The average Bonchev–Trinajstić information content (AvgIpc) is 2.95. The summed E-state index contributed by atoms with van der Waals surface area (Å²) in [6.07, 6.45) is 0.864. The van der Waals surface area contributed by atoms with Crippen molar-refractivity contribution < 1.29 is 13.2 Å². The highest BCUT2D eigenvalue weighted by Gasteiger charge is 2.36. The second kappa shape index (κ2) is 7.00. The van der Waals surface area contributed by atoms with Gasteiger partial charge in [0.2, 0.25) is 10.0 Å². The fraction of sp³-hybridized carbons (Fsp3) is 0.556. The summed E-state index contributed by atoms with van der Waals surface area (Å²) in [5.74, 6) is 2.32. The van der Waals surface area contributed by atoms with Crippen LogP contribution in [0.4, 0.5) is 0 Å². The molecule has 142 valence electrons. The van der Waals surface area contributed by atoms with Gasteiger partial charge < -0.3 is 9.30 Å². The van der Waals surface area contributed by atoms with E-state index < -0.39 is 10.0 Å². The summed E-state index contributed by atoms with van der Waals surface area (Å²) >= 11 is 0. The van der Waals surface area contributed by atoms with Crippen LogP contribution >= 0.6 is 0 Å². The van der Waals surface area contributed by atoms with Crippen LogP contribution in [0.25, 0.3) is 0 Å². The zero-order chi connectivity index (χ0) is 19.1. The number of rotatable bonds is 5. The fourth-order valence-corrected chi connectivity index (χ4v) is 5.24. The molecule has 3 rings (SSSR count). The topological polar surface area (TPSA) is 77.3 Å². The number of aryl methyl sites for hydroxylation is 2. The highest BCUT2D eigenvalue weighted by atomic mass is 32.2. The smallest absolute Gasteiger partial charge is 0.247 e. The molecule has 1 aromatic heterocycles. The maximum Gasteiger partial charge on any atom is 0.247 e. The van der Waals surface area contributed by atoms with Crippen LogP contribution in [0.15, 0.2) is 23.1 Å². The third-order valence-corrected chi connectivity index (χ3v) is 6.55. The van der Waals surface area contributed by atoms with Gasteiger partial charge in [-0.15, -0.1) is 10.2 Å². The van der Waals surface area contributed by atoms with Gasteiger partial charge in [-0.3, -0.25) is 0 Å². The van der Waals surface area contributed by atoms with Crippen molar-refractivity contribution in [2.45, 2.75) is 51.6 Å². The minimum absolute atomic E-state index is 0.0272. The van der Waals surface area contributed by atoms with Gasteiger partial charge in [-0.1, -0.05) is 19.9 Å². The maximum absolute atomic E-state index is 13.4. The van der Waals surface area contributed by atoms with E-state index in [1.165, 1.54) is 11.4 Å². The maximum atomic E-state index is 13.4. The van der Waals surface area contributed by atoms with Gasteiger partial charge in [-0.25, -0.2) is 8.42 Å². The van der Waals surface area contributed by atoms with Crippen molar-refractivity contribution in [2.75, 3.05) is 13.7 Å². The lowest BCUT2D eigenvalue weighted by Crippen LogP contribution is -2.42. The number of methoxy groups -OCH3 is 1. The lowest BCUT2D eigenvalue weighted by molar-refractivity contribution is 0.248. The van der Waals surface area contributed by atoms with E-state index in [4.69, 9.17) is 4.74 Å². The standard InChI is InChI=1S/C18H26N4O3S/c1-12(2)8-15-10-21(11-18-20-19-14(4)22(15)18)26(23,24)17-9-13(3)6-7-16(17)25-5/h6-7,9,12,15H,8,10-11H2,1-5H3/t15-/m0/s1. The Labute approximate surface area is 155 Å². The molecule has 26 heavy (non-hydrogen) atoms. The van der Waals surface area contributed by atoms with Crippen LogP contribution < -0.4 is 4.74 Å². The lowest BCUT2D eigenvalue weighted by atomic mass is 10.0. The molecule has 0 fully saturated rings.